The van der Waals surface area contributed by atoms with Crippen LogP contribution in [0.15, 0.2) is 12.7 Å². The Balaban J connectivity index is 2.43. The summed E-state index contributed by atoms with van der Waals surface area (Å²) in [7, 11) is 0. The zero-order valence-electron chi connectivity index (χ0n) is 17.8. The first-order valence-corrected chi connectivity index (χ1v) is 10.1. The second-order valence-electron chi connectivity index (χ2n) is 9.95. The molecule has 0 aromatic rings. The van der Waals surface area contributed by atoms with E-state index in [-0.39, 0.29) is 11.3 Å². The molecule has 156 valence electrons. The van der Waals surface area contributed by atoms with E-state index >= 15 is 0 Å². The Morgan fingerprint density at radius 3 is 2.48 bits per heavy atom. The maximum absolute atomic E-state index is 11.6. The fourth-order valence-corrected chi connectivity index (χ4v) is 5.66. The Bertz CT molecular complexity index is 583. The molecule has 2 fully saturated rings. The summed E-state index contributed by atoms with van der Waals surface area (Å²) in [4.78, 5) is 11.6. The van der Waals surface area contributed by atoms with Crippen LogP contribution in [0.25, 0.3) is 0 Å². The molecule has 3 N–H and O–H groups in total. The number of aliphatic hydroxyl groups excluding tert-OH is 1. The third-order valence-corrected chi connectivity index (χ3v) is 8.27. The van der Waals surface area contributed by atoms with Gasteiger partial charge in [0.1, 0.15) is 12.2 Å². The normalized spacial score (nSPS) is 46.9. The van der Waals surface area contributed by atoms with Gasteiger partial charge in [0.2, 0.25) is 0 Å². The lowest BCUT2D eigenvalue weighted by molar-refractivity contribution is -0.268. The molecule has 2 rings (SSSR count). The van der Waals surface area contributed by atoms with E-state index in [2.05, 4.69) is 27.4 Å². The number of carbonyl (C=O) groups is 1. The minimum atomic E-state index is -1.36. The summed E-state index contributed by atoms with van der Waals surface area (Å²) in [6.07, 6.45) is 3.36. The van der Waals surface area contributed by atoms with Crippen molar-refractivity contribution in [2.45, 2.75) is 97.1 Å². The van der Waals surface area contributed by atoms with Crippen LogP contribution < -0.4 is 0 Å². The van der Waals surface area contributed by atoms with E-state index in [1.54, 1.807) is 19.9 Å². The summed E-state index contributed by atoms with van der Waals surface area (Å²) >= 11 is 0. The molecule has 0 aromatic heterocycles. The lowest BCUT2D eigenvalue weighted by atomic mass is 9.42. The maximum atomic E-state index is 11.6. The topological polar surface area (TPSA) is 87.0 Å². The van der Waals surface area contributed by atoms with Gasteiger partial charge in [-0.25, -0.2) is 0 Å². The van der Waals surface area contributed by atoms with Gasteiger partial charge < -0.3 is 20.1 Å². The van der Waals surface area contributed by atoms with E-state index in [0.29, 0.717) is 18.8 Å². The van der Waals surface area contributed by atoms with Crippen molar-refractivity contribution in [3.63, 3.8) is 0 Å². The number of aliphatic hydroxyl groups is 3. The quantitative estimate of drug-likeness (QED) is 0.502. The summed E-state index contributed by atoms with van der Waals surface area (Å²) in [5.41, 5.74) is -2.96. The number of rotatable bonds is 5. The fraction of sp³-hybridized carbons (Fsp3) is 0.864. The Labute approximate surface area is 163 Å². The zero-order chi connectivity index (χ0) is 20.8. The lowest BCUT2D eigenvalue weighted by Crippen LogP contribution is -2.69. The van der Waals surface area contributed by atoms with Gasteiger partial charge in [0.15, 0.2) is 0 Å². The molecule has 0 radical (unpaired) electrons. The van der Waals surface area contributed by atoms with E-state index in [9.17, 15) is 20.1 Å². The van der Waals surface area contributed by atoms with Crippen molar-refractivity contribution in [2.24, 2.45) is 22.7 Å². The number of esters is 1. The number of fused-ring (bicyclic) bond motifs is 1. The van der Waals surface area contributed by atoms with Crippen LogP contribution in [0.1, 0.15) is 73.6 Å². The fourth-order valence-electron chi connectivity index (χ4n) is 5.66. The van der Waals surface area contributed by atoms with E-state index in [1.807, 2.05) is 0 Å². The van der Waals surface area contributed by atoms with Crippen molar-refractivity contribution >= 4 is 5.97 Å². The molecule has 0 heterocycles. The van der Waals surface area contributed by atoms with Gasteiger partial charge in [0, 0.05) is 12.3 Å². The molecule has 0 amide bonds. The lowest BCUT2D eigenvalue weighted by Gasteiger charge is -2.65. The molecular weight excluding hydrogens is 344 g/mol. The Kier molecular flexibility index (Phi) is 5.94. The first kappa shape index (κ1) is 22.4. The summed E-state index contributed by atoms with van der Waals surface area (Å²) < 4.78 is 5.41. The molecule has 5 heteroatoms. The standard InChI is InChI=1S/C22H38O5/c1-8-19(4,25)11-12-20(5)14(2)9-10-21(6)17(20)13-16(27-15(3)23)18(24)22(21,7)26/h8,14,16-18,24-26H,1,9-13H2,2-7H3/t14-,16-,17-,18-,19+,20+,21-,22+/m1/s1. The van der Waals surface area contributed by atoms with Crippen LogP contribution in [0.5, 0.6) is 0 Å². The molecule has 2 aliphatic rings. The molecule has 5 nitrogen and oxygen atoms in total. The van der Waals surface area contributed by atoms with Crippen molar-refractivity contribution in [3.8, 4) is 0 Å². The maximum Gasteiger partial charge on any atom is 0.302 e. The van der Waals surface area contributed by atoms with Crippen molar-refractivity contribution in [2.75, 3.05) is 0 Å². The highest BCUT2D eigenvalue weighted by atomic mass is 16.6. The predicted molar refractivity (Wildman–Crippen MR) is 105 cm³/mol. The third-order valence-electron chi connectivity index (χ3n) is 8.27. The largest absolute Gasteiger partial charge is 0.460 e. The van der Waals surface area contributed by atoms with Crippen LogP contribution in [0, 0.1) is 22.7 Å². The van der Waals surface area contributed by atoms with Gasteiger partial charge in [-0.15, -0.1) is 6.58 Å². The number of hydrogen-bond donors (Lipinski definition) is 3. The van der Waals surface area contributed by atoms with Gasteiger partial charge in [-0.3, -0.25) is 4.79 Å². The molecule has 0 aromatic carbocycles. The summed E-state index contributed by atoms with van der Waals surface area (Å²) in [5.74, 6) is -0.00377. The average molecular weight is 383 g/mol. The van der Waals surface area contributed by atoms with Gasteiger partial charge in [-0.1, -0.05) is 26.8 Å². The number of hydrogen-bond acceptors (Lipinski definition) is 5. The van der Waals surface area contributed by atoms with Crippen molar-refractivity contribution in [3.05, 3.63) is 12.7 Å². The summed E-state index contributed by atoms with van der Waals surface area (Å²) in [5, 5.41) is 32.6. The first-order chi connectivity index (χ1) is 12.2. The van der Waals surface area contributed by atoms with Crippen molar-refractivity contribution in [1.29, 1.82) is 0 Å². The van der Waals surface area contributed by atoms with Crippen molar-refractivity contribution < 1.29 is 24.9 Å². The van der Waals surface area contributed by atoms with Crippen LogP contribution in [0.2, 0.25) is 0 Å². The third kappa shape index (κ3) is 3.70. The second kappa shape index (κ2) is 7.16. The Morgan fingerprint density at radius 2 is 1.96 bits per heavy atom. The predicted octanol–water partition coefficient (Wildman–Crippen LogP) is 3.21. The minimum Gasteiger partial charge on any atom is -0.460 e. The molecule has 2 saturated carbocycles. The van der Waals surface area contributed by atoms with Crippen molar-refractivity contribution in [1.82, 2.24) is 0 Å². The Hall–Kier alpha value is -0.910. The minimum absolute atomic E-state index is 0.0529. The second-order valence-corrected chi connectivity index (χ2v) is 9.95. The SMILES string of the molecule is C=C[C@](C)(O)CC[C@@]1(C)[C@H](C)CC[C@]2(C)[C@@H]1C[C@@H](OC(C)=O)[C@@H](O)[C@]2(C)O. The molecule has 0 spiro atoms. The molecule has 8 atom stereocenters. The Morgan fingerprint density at radius 1 is 1.37 bits per heavy atom. The molecule has 2 aliphatic carbocycles. The van der Waals surface area contributed by atoms with E-state index in [4.69, 9.17) is 4.74 Å². The van der Waals surface area contributed by atoms with E-state index in [0.717, 1.165) is 19.3 Å². The highest BCUT2D eigenvalue weighted by Gasteiger charge is 2.65. The van der Waals surface area contributed by atoms with Gasteiger partial charge in [-0.2, -0.15) is 0 Å². The summed E-state index contributed by atoms with van der Waals surface area (Å²) in [6, 6.07) is 0. The van der Waals surface area contributed by atoms with Gasteiger partial charge >= 0.3 is 5.97 Å². The van der Waals surface area contributed by atoms with Gasteiger partial charge in [0.25, 0.3) is 0 Å². The first-order valence-electron chi connectivity index (χ1n) is 10.1. The molecule has 27 heavy (non-hydrogen) atoms. The summed E-state index contributed by atoms with van der Waals surface area (Å²) in [6.45, 7) is 15.0. The molecular formula is C22H38O5. The van der Waals surface area contributed by atoms with E-state index < -0.39 is 34.8 Å². The molecule has 0 aliphatic heterocycles. The number of carbonyl (C=O) groups excluding carboxylic acids is 1. The monoisotopic (exact) mass is 382 g/mol. The molecule has 0 bridgehead atoms. The van der Waals surface area contributed by atoms with Crippen LogP contribution in [0.3, 0.4) is 0 Å². The van der Waals surface area contributed by atoms with E-state index in [1.165, 1.54) is 6.92 Å². The molecule has 0 saturated heterocycles. The van der Waals surface area contributed by atoms with Crippen LogP contribution in [0.4, 0.5) is 0 Å². The molecule has 0 unspecified atom stereocenters. The number of ether oxygens (including phenoxy) is 1. The smallest absolute Gasteiger partial charge is 0.302 e. The zero-order valence-corrected chi connectivity index (χ0v) is 17.8. The average Bonchev–Trinajstić information content (AvgIpc) is 2.57. The van der Waals surface area contributed by atoms with Crippen LogP contribution in [-0.2, 0) is 9.53 Å². The highest BCUT2D eigenvalue weighted by molar-refractivity contribution is 5.66. The van der Waals surface area contributed by atoms with Gasteiger partial charge in [0.05, 0.1) is 11.2 Å². The highest BCUT2D eigenvalue weighted by Crippen LogP contribution is 2.64. The van der Waals surface area contributed by atoms with Crippen LogP contribution in [-0.4, -0.2) is 44.7 Å². The van der Waals surface area contributed by atoms with Gasteiger partial charge in [-0.05, 0) is 63.2 Å². The van der Waals surface area contributed by atoms with Crippen LogP contribution >= 0.6 is 0 Å².